The second-order valence-electron chi connectivity index (χ2n) is 2.86. The van der Waals surface area contributed by atoms with Crippen LogP contribution in [-0.4, -0.2) is 20.2 Å². The van der Waals surface area contributed by atoms with E-state index in [-0.39, 0.29) is 23.7 Å². The van der Waals surface area contributed by atoms with E-state index >= 15 is 0 Å². The summed E-state index contributed by atoms with van der Waals surface area (Å²) in [6.45, 7) is 0. The van der Waals surface area contributed by atoms with Crippen LogP contribution in [0.3, 0.4) is 0 Å². The molecule has 6 heteroatoms. The summed E-state index contributed by atoms with van der Waals surface area (Å²) < 4.78 is 22.8. The molecule has 1 rings (SSSR count). The minimum atomic E-state index is -1.13. The van der Waals surface area contributed by atoms with Crippen molar-refractivity contribution in [2.24, 2.45) is 5.73 Å². The van der Waals surface area contributed by atoms with E-state index in [1.807, 2.05) is 0 Å². The monoisotopic (exact) mass is 249 g/mol. The van der Waals surface area contributed by atoms with E-state index in [1.165, 1.54) is 26.4 Å². The third-order valence-corrected chi connectivity index (χ3v) is 2.00. The summed E-state index contributed by atoms with van der Waals surface area (Å²) in [4.78, 5) is 11.1. The van der Waals surface area contributed by atoms with Crippen LogP contribution in [0.5, 0.6) is 5.75 Å². The predicted molar refractivity (Wildman–Crippen MR) is 59.1 cm³/mol. The molecule has 0 fully saturated rings. The summed E-state index contributed by atoms with van der Waals surface area (Å²) in [5, 5.41) is 0. The molecule has 2 N–H and O–H groups in total. The number of halogens is 2. The second kappa shape index (κ2) is 6.30. The molecule has 1 atom stereocenters. The molecule has 90 valence electrons. The third kappa shape index (κ3) is 2.84. The molecule has 0 aliphatic heterocycles. The fourth-order valence-corrected chi connectivity index (χ4v) is 1.18. The molecule has 0 bridgehead atoms. The van der Waals surface area contributed by atoms with E-state index in [4.69, 9.17) is 10.5 Å². The predicted octanol–water partition coefficient (Wildman–Crippen LogP) is 1.43. The van der Waals surface area contributed by atoms with Crippen LogP contribution in [0.15, 0.2) is 18.2 Å². The van der Waals surface area contributed by atoms with E-state index in [0.29, 0.717) is 0 Å². The van der Waals surface area contributed by atoms with E-state index in [2.05, 4.69) is 4.74 Å². The van der Waals surface area contributed by atoms with Gasteiger partial charge in [0, 0.05) is 5.56 Å². The number of benzene rings is 1. The van der Waals surface area contributed by atoms with Crippen molar-refractivity contribution in [2.45, 2.75) is 6.04 Å². The van der Waals surface area contributed by atoms with Gasteiger partial charge in [0.25, 0.3) is 0 Å². The zero-order valence-corrected chi connectivity index (χ0v) is 9.71. The molecule has 16 heavy (non-hydrogen) atoms. The maximum absolute atomic E-state index is 13.6. The van der Waals surface area contributed by atoms with Crippen LogP contribution in [0.2, 0.25) is 0 Å². The van der Waals surface area contributed by atoms with Crippen molar-refractivity contribution in [1.82, 2.24) is 0 Å². The lowest BCUT2D eigenvalue weighted by atomic mass is 10.1. The Morgan fingerprint density at radius 1 is 1.44 bits per heavy atom. The average Bonchev–Trinajstić information content (AvgIpc) is 2.27. The Morgan fingerprint density at radius 2 is 2.06 bits per heavy atom. The molecule has 0 radical (unpaired) electrons. The fourth-order valence-electron chi connectivity index (χ4n) is 1.18. The van der Waals surface area contributed by atoms with E-state index in [1.54, 1.807) is 6.07 Å². The number of hydrogen-bond donors (Lipinski definition) is 1. The van der Waals surface area contributed by atoms with Crippen molar-refractivity contribution in [3.63, 3.8) is 0 Å². The Balaban J connectivity index is 0.00000225. The Labute approximate surface area is 98.9 Å². The first kappa shape index (κ1) is 14.7. The molecular weight excluding hydrogens is 237 g/mol. The Morgan fingerprint density at radius 3 is 2.56 bits per heavy atom. The van der Waals surface area contributed by atoms with Crippen molar-refractivity contribution in [3.8, 4) is 5.75 Å². The highest BCUT2D eigenvalue weighted by Gasteiger charge is 2.21. The van der Waals surface area contributed by atoms with E-state index in [0.717, 1.165) is 0 Å². The highest BCUT2D eigenvalue weighted by Crippen LogP contribution is 2.24. The van der Waals surface area contributed by atoms with Gasteiger partial charge in [-0.15, -0.1) is 12.4 Å². The average molecular weight is 250 g/mol. The van der Waals surface area contributed by atoms with Crippen LogP contribution in [0, 0.1) is 5.82 Å². The largest absolute Gasteiger partial charge is 0.494 e. The molecule has 4 nitrogen and oxygen atoms in total. The first-order valence-corrected chi connectivity index (χ1v) is 4.27. The van der Waals surface area contributed by atoms with Crippen LogP contribution in [0.4, 0.5) is 4.39 Å². The fraction of sp³-hybridized carbons (Fsp3) is 0.300. The summed E-state index contributed by atoms with van der Waals surface area (Å²) in [5.41, 5.74) is 5.56. The van der Waals surface area contributed by atoms with Crippen LogP contribution in [0.25, 0.3) is 0 Å². The van der Waals surface area contributed by atoms with Crippen LogP contribution in [-0.2, 0) is 9.53 Å². The SMILES string of the molecule is COC(=O)[C@@H](N)c1cccc(OC)c1F.Cl. The van der Waals surface area contributed by atoms with Crippen molar-refractivity contribution < 1.29 is 18.7 Å². The van der Waals surface area contributed by atoms with Gasteiger partial charge in [-0.1, -0.05) is 12.1 Å². The number of carbonyl (C=O) groups excluding carboxylic acids is 1. The third-order valence-electron chi connectivity index (χ3n) is 2.00. The minimum Gasteiger partial charge on any atom is -0.494 e. The zero-order chi connectivity index (χ0) is 11.4. The highest BCUT2D eigenvalue weighted by molar-refractivity contribution is 5.85. The molecule has 1 aromatic carbocycles. The summed E-state index contributed by atoms with van der Waals surface area (Å²) in [5.74, 6) is -1.29. The number of nitrogens with two attached hydrogens (primary N) is 1. The van der Waals surface area contributed by atoms with Gasteiger partial charge < -0.3 is 15.2 Å². The van der Waals surface area contributed by atoms with Gasteiger partial charge in [-0.05, 0) is 6.07 Å². The normalized spacial score (nSPS) is 11.2. The summed E-state index contributed by atoms with van der Waals surface area (Å²) in [6, 6.07) is 3.28. The Kier molecular flexibility index (Phi) is 5.77. The molecule has 0 aromatic heterocycles. The molecule has 1 aromatic rings. The number of esters is 1. The van der Waals surface area contributed by atoms with Gasteiger partial charge in [0.1, 0.15) is 6.04 Å². The van der Waals surface area contributed by atoms with Crippen molar-refractivity contribution in [3.05, 3.63) is 29.6 Å². The molecule has 0 heterocycles. The second-order valence-corrected chi connectivity index (χ2v) is 2.86. The van der Waals surface area contributed by atoms with Crippen molar-refractivity contribution in [1.29, 1.82) is 0 Å². The number of carbonyl (C=O) groups is 1. The van der Waals surface area contributed by atoms with Gasteiger partial charge in [-0.3, -0.25) is 4.79 Å². The van der Waals surface area contributed by atoms with Crippen LogP contribution in [0.1, 0.15) is 11.6 Å². The standard InChI is InChI=1S/C10H12FNO3.ClH/c1-14-7-5-3-4-6(8(7)11)9(12)10(13)15-2;/h3-5,9H,12H2,1-2H3;1H/t9-;/m0./s1. The number of methoxy groups -OCH3 is 2. The quantitative estimate of drug-likeness (QED) is 0.824. The van der Waals surface area contributed by atoms with Crippen molar-refractivity contribution >= 4 is 18.4 Å². The van der Waals surface area contributed by atoms with Crippen LogP contribution < -0.4 is 10.5 Å². The number of ether oxygens (including phenoxy) is 2. The molecule has 0 aliphatic rings. The molecule has 0 saturated heterocycles. The molecule has 0 unspecified atom stereocenters. The maximum atomic E-state index is 13.6. The smallest absolute Gasteiger partial charge is 0.327 e. The lowest BCUT2D eigenvalue weighted by Gasteiger charge is -2.12. The summed E-state index contributed by atoms with van der Waals surface area (Å²) >= 11 is 0. The van der Waals surface area contributed by atoms with Gasteiger partial charge in [-0.25, -0.2) is 4.39 Å². The Hall–Kier alpha value is -1.33. The summed E-state index contributed by atoms with van der Waals surface area (Å²) in [7, 11) is 2.53. The lowest BCUT2D eigenvalue weighted by molar-refractivity contribution is -0.142. The Bertz CT molecular complexity index is 373. The maximum Gasteiger partial charge on any atom is 0.327 e. The van der Waals surface area contributed by atoms with Gasteiger partial charge >= 0.3 is 5.97 Å². The molecule has 0 aliphatic carbocycles. The zero-order valence-electron chi connectivity index (χ0n) is 8.90. The topological polar surface area (TPSA) is 61.5 Å². The lowest BCUT2D eigenvalue weighted by Crippen LogP contribution is -2.23. The van der Waals surface area contributed by atoms with Gasteiger partial charge in [0.05, 0.1) is 14.2 Å². The highest BCUT2D eigenvalue weighted by atomic mass is 35.5. The minimum absolute atomic E-state index is 0. The van der Waals surface area contributed by atoms with E-state index in [9.17, 15) is 9.18 Å². The molecule has 0 saturated carbocycles. The molecule has 0 amide bonds. The first-order valence-electron chi connectivity index (χ1n) is 4.27. The van der Waals surface area contributed by atoms with Gasteiger partial charge in [0.15, 0.2) is 11.6 Å². The summed E-state index contributed by atoms with van der Waals surface area (Å²) in [6.07, 6.45) is 0. The first-order chi connectivity index (χ1) is 7.11. The number of hydrogen-bond acceptors (Lipinski definition) is 4. The molecule has 0 spiro atoms. The van der Waals surface area contributed by atoms with Crippen molar-refractivity contribution in [2.75, 3.05) is 14.2 Å². The van der Waals surface area contributed by atoms with Crippen LogP contribution >= 0.6 is 12.4 Å². The molecular formula is C10H13ClFNO3. The number of rotatable bonds is 3. The van der Waals surface area contributed by atoms with E-state index < -0.39 is 17.8 Å². The van der Waals surface area contributed by atoms with Gasteiger partial charge in [0.2, 0.25) is 0 Å². The van der Waals surface area contributed by atoms with Gasteiger partial charge in [-0.2, -0.15) is 0 Å².